The molecule has 0 saturated heterocycles. The van der Waals surface area contributed by atoms with Crippen LogP contribution in [0, 0.1) is 12.3 Å². The quantitative estimate of drug-likeness (QED) is 0.190. The number of anilines is 1. The predicted molar refractivity (Wildman–Crippen MR) is 159 cm³/mol. The third-order valence-corrected chi connectivity index (χ3v) is 7.28. The van der Waals surface area contributed by atoms with Crippen LogP contribution in [0.2, 0.25) is 0 Å². The number of fused-ring (bicyclic) bond motifs is 4. The van der Waals surface area contributed by atoms with Gasteiger partial charge < -0.3 is 4.90 Å². The summed E-state index contributed by atoms with van der Waals surface area (Å²) in [6, 6.07) is 15.3. The summed E-state index contributed by atoms with van der Waals surface area (Å²) in [5, 5.41) is 6.02. The van der Waals surface area contributed by atoms with Gasteiger partial charge in [0.05, 0.1) is 29.5 Å². The van der Waals surface area contributed by atoms with Gasteiger partial charge in [0.15, 0.2) is 0 Å². The number of nitrogens with zero attached hydrogens (tertiary/aromatic N) is 6. The molecule has 1 aliphatic rings. The summed E-state index contributed by atoms with van der Waals surface area (Å²) in [7, 11) is 3.79. The fourth-order valence-electron chi connectivity index (χ4n) is 5.30. The van der Waals surface area contributed by atoms with Gasteiger partial charge in [-0.2, -0.15) is 5.10 Å². The number of likely N-dealkylation sites (N-methyl/N-ethyl adjacent to an activating group) is 1. The number of hydrogen-bond donors (Lipinski definition) is 0. The van der Waals surface area contributed by atoms with E-state index in [2.05, 4.69) is 22.1 Å². The normalized spacial score (nSPS) is 13.0. The standard InChI is InChI=1S/C32H28N6O2/c1-4-14-35(2)15-5-6-30(39)37-16-13-22-7-10-26(18-29(22)37)38-31(40)12-9-24-19-33-28-11-8-23(17-27(28)32(24)38)25-20-34-36(3)21-25/h1,5-12,17-21H,13-16H2,2-3H3/b6-5+. The van der Waals surface area contributed by atoms with Gasteiger partial charge in [0.25, 0.3) is 11.5 Å². The molecule has 0 aliphatic carbocycles. The molecule has 1 amide bonds. The van der Waals surface area contributed by atoms with Gasteiger partial charge in [-0.25, -0.2) is 0 Å². The SMILES string of the molecule is C#CCN(C)C/C=C/C(=O)N1CCc2ccc(-n3c(=O)ccc4cnc5ccc(-c6cnn(C)c6)cc5c43)cc21. The number of aryl methyl sites for hydroxylation is 1. The summed E-state index contributed by atoms with van der Waals surface area (Å²) >= 11 is 0. The van der Waals surface area contributed by atoms with E-state index in [9.17, 15) is 9.59 Å². The second kappa shape index (κ2) is 10.3. The maximum absolute atomic E-state index is 13.4. The summed E-state index contributed by atoms with van der Waals surface area (Å²) in [4.78, 5) is 34.9. The summed E-state index contributed by atoms with van der Waals surface area (Å²) in [5.41, 5.74) is 5.98. The Bertz CT molecular complexity index is 1910. The van der Waals surface area contributed by atoms with Crippen LogP contribution >= 0.6 is 0 Å². The maximum Gasteiger partial charge on any atom is 0.255 e. The number of benzene rings is 2. The van der Waals surface area contributed by atoms with Crippen LogP contribution in [0.15, 0.2) is 84.1 Å². The summed E-state index contributed by atoms with van der Waals surface area (Å²) < 4.78 is 3.48. The van der Waals surface area contributed by atoms with Crippen LogP contribution in [0.5, 0.6) is 0 Å². The van der Waals surface area contributed by atoms with Crippen LogP contribution in [0.3, 0.4) is 0 Å². The highest BCUT2D eigenvalue weighted by Gasteiger charge is 2.24. The number of amides is 1. The van der Waals surface area contributed by atoms with E-state index < -0.39 is 0 Å². The number of aromatic nitrogens is 4. The van der Waals surface area contributed by atoms with Gasteiger partial charge in [0.2, 0.25) is 0 Å². The topological polar surface area (TPSA) is 76.3 Å². The van der Waals surface area contributed by atoms with Gasteiger partial charge in [-0.1, -0.05) is 24.1 Å². The first kappa shape index (κ1) is 25.3. The van der Waals surface area contributed by atoms with Crippen LogP contribution in [0.25, 0.3) is 38.6 Å². The van der Waals surface area contributed by atoms with Crippen molar-refractivity contribution in [1.82, 2.24) is 24.2 Å². The molecule has 6 rings (SSSR count). The van der Waals surface area contributed by atoms with E-state index in [0.29, 0.717) is 25.3 Å². The summed E-state index contributed by atoms with van der Waals surface area (Å²) in [6.45, 7) is 1.69. The molecule has 0 radical (unpaired) electrons. The minimum absolute atomic E-state index is 0.0916. The monoisotopic (exact) mass is 528 g/mol. The van der Waals surface area contributed by atoms with E-state index in [-0.39, 0.29) is 11.5 Å². The maximum atomic E-state index is 13.4. The lowest BCUT2D eigenvalue weighted by atomic mass is 10.0. The van der Waals surface area contributed by atoms with Crippen molar-refractivity contribution in [2.75, 3.05) is 31.6 Å². The molecule has 0 spiro atoms. The average Bonchev–Trinajstić information content (AvgIpc) is 3.58. The van der Waals surface area contributed by atoms with Crippen LogP contribution in [0.4, 0.5) is 5.69 Å². The molecule has 1 aliphatic heterocycles. The van der Waals surface area contributed by atoms with Crippen LogP contribution < -0.4 is 10.5 Å². The molecule has 3 aromatic heterocycles. The first-order valence-electron chi connectivity index (χ1n) is 13.1. The molecule has 0 saturated carbocycles. The summed E-state index contributed by atoms with van der Waals surface area (Å²) in [5.74, 6) is 2.51. The minimum Gasteiger partial charge on any atom is -0.308 e. The highest BCUT2D eigenvalue weighted by atomic mass is 16.2. The molecule has 198 valence electrons. The zero-order chi connectivity index (χ0) is 27.8. The predicted octanol–water partition coefficient (Wildman–Crippen LogP) is 3.95. The van der Waals surface area contributed by atoms with Crippen molar-refractivity contribution < 1.29 is 4.79 Å². The van der Waals surface area contributed by atoms with Crippen molar-refractivity contribution in [3.8, 4) is 29.2 Å². The smallest absolute Gasteiger partial charge is 0.255 e. The molecule has 8 heteroatoms. The fraction of sp³-hybridized carbons (Fsp3) is 0.188. The third kappa shape index (κ3) is 4.57. The highest BCUT2D eigenvalue weighted by Crippen LogP contribution is 2.33. The lowest BCUT2D eigenvalue weighted by Crippen LogP contribution is -2.27. The Hall–Kier alpha value is -5.00. The lowest BCUT2D eigenvalue weighted by molar-refractivity contribution is -0.114. The molecular weight excluding hydrogens is 500 g/mol. The van der Waals surface area contributed by atoms with E-state index in [4.69, 9.17) is 6.42 Å². The molecular formula is C32H28N6O2. The lowest BCUT2D eigenvalue weighted by Gasteiger charge is -2.18. The second-order valence-corrected chi connectivity index (χ2v) is 10.1. The molecule has 40 heavy (non-hydrogen) atoms. The minimum atomic E-state index is -0.154. The van der Waals surface area contributed by atoms with Crippen molar-refractivity contribution in [3.63, 3.8) is 0 Å². The first-order chi connectivity index (χ1) is 19.4. The highest BCUT2D eigenvalue weighted by molar-refractivity contribution is 6.06. The third-order valence-electron chi connectivity index (χ3n) is 7.28. The number of terminal acetylenes is 1. The molecule has 0 N–H and O–H groups in total. The Labute approximate surface area is 231 Å². The van der Waals surface area contributed by atoms with E-state index in [1.165, 1.54) is 0 Å². The van der Waals surface area contributed by atoms with Gasteiger partial charge in [0, 0.05) is 66.7 Å². The van der Waals surface area contributed by atoms with Crippen molar-refractivity contribution >= 4 is 33.4 Å². The van der Waals surface area contributed by atoms with Gasteiger partial charge >= 0.3 is 0 Å². The molecule has 2 aromatic carbocycles. The second-order valence-electron chi connectivity index (χ2n) is 10.1. The van der Waals surface area contributed by atoms with Gasteiger partial charge in [-0.15, -0.1) is 6.42 Å². The zero-order valence-corrected chi connectivity index (χ0v) is 22.4. The van der Waals surface area contributed by atoms with Crippen molar-refractivity contribution in [3.05, 3.63) is 95.2 Å². The van der Waals surface area contributed by atoms with Gasteiger partial charge in [-0.3, -0.25) is 28.7 Å². The zero-order valence-electron chi connectivity index (χ0n) is 22.4. The van der Waals surface area contributed by atoms with Crippen molar-refractivity contribution in [1.29, 1.82) is 0 Å². The van der Waals surface area contributed by atoms with Crippen molar-refractivity contribution in [2.45, 2.75) is 6.42 Å². The number of pyridine rings is 2. The Balaban J connectivity index is 1.45. The summed E-state index contributed by atoms with van der Waals surface area (Å²) in [6.07, 6.45) is 15.1. The Morgan fingerprint density at radius 3 is 2.80 bits per heavy atom. The van der Waals surface area contributed by atoms with E-state index in [1.807, 2.05) is 73.9 Å². The molecule has 5 aromatic rings. The van der Waals surface area contributed by atoms with E-state index in [1.54, 1.807) is 32.5 Å². The van der Waals surface area contributed by atoms with Gasteiger partial charge in [0.1, 0.15) is 0 Å². The number of rotatable bonds is 6. The van der Waals surface area contributed by atoms with E-state index >= 15 is 0 Å². The Kier molecular flexibility index (Phi) is 6.50. The molecule has 8 nitrogen and oxygen atoms in total. The van der Waals surface area contributed by atoms with Crippen molar-refractivity contribution in [2.24, 2.45) is 7.05 Å². The fourth-order valence-corrected chi connectivity index (χ4v) is 5.30. The number of hydrogen-bond acceptors (Lipinski definition) is 5. The molecule has 0 atom stereocenters. The number of carbonyl (C=O) groups is 1. The van der Waals surface area contributed by atoms with Crippen LogP contribution in [0.1, 0.15) is 5.56 Å². The Morgan fingerprint density at radius 1 is 1.12 bits per heavy atom. The Morgan fingerprint density at radius 2 is 2.00 bits per heavy atom. The number of carbonyl (C=O) groups excluding carboxylic acids is 1. The first-order valence-corrected chi connectivity index (χ1v) is 13.1. The van der Waals surface area contributed by atoms with E-state index in [0.717, 1.165) is 50.6 Å². The molecule has 0 fully saturated rings. The molecule has 0 bridgehead atoms. The average molecular weight is 529 g/mol. The van der Waals surface area contributed by atoms with Crippen LogP contribution in [-0.2, 0) is 18.3 Å². The molecule has 0 unspecified atom stereocenters. The van der Waals surface area contributed by atoms with Crippen LogP contribution in [-0.4, -0.2) is 56.8 Å². The van der Waals surface area contributed by atoms with Gasteiger partial charge in [-0.05, 0) is 54.9 Å². The largest absolute Gasteiger partial charge is 0.308 e. The molecule has 4 heterocycles.